The maximum Gasteiger partial charge on any atom is 0.266 e. The lowest BCUT2D eigenvalue weighted by Gasteiger charge is -2.19. The normalized spacial score (nSPS) is 11.0. The summed E-state index contributed by atoms with van der Waals surface area (Å²) in [4.78, 5) is -0.405. The molecule has 0 radical (unpaired) electrons. The van der Waals surface area contributed by atoms with E-state index in [0.717, 1.165) is 10.4 Å². The van der Waals surface area contributed by atoms with E-state index in [1.807, 2.05) is 6.07 Å². The molecule has 21 heavy (non-hydrogen) atoms. The van der Waals surface area contributed by atoms with Crippen LogP contribution >= 0.6 is 15.9 Å². The van der Waals surface area contributed by atoms with Gasteiger partial charge >= 0.3 is 0 Å². The standard InChI is InChI=1S/C14H10BrFN2O2S/c1-18(12-5-2-10(9-17)3-6-12)21(19,20)14-7-4-11(15)8-13(14)16/h2-8H,1H3. The van der Waals surface area contributed by atoms with Gasteiger partial charge in [-0.25, -0.2) is 12.8 Å². The monoisotopic (exact) mass is 368 g/mol. The van der Waals surface area contributed by atoms with Crippen LogP contribution in [0.1, 0.15) is 5.56 Å². The van der Waals surface area contributed by atoms with Crippen LogP contribution in [0.25, 0.3) is 0 Å². The zero-order valence-electron chi connectivity index (χ0n) is 10.9. The van der Waals surface area contributed by atoms with Crippen molar-refractivity contribution >= 4 is 31.6 Å². The average molecular weight is 369 g/mol. The molecule has 0 spiro atoms. The fourth-order valence-electron chi connectivity index (χ4n) is 1.72. The molecule has 0 aromatic heterocycles. The first kappa shape index (κ1) is 15.5. The van der Waals surface area contributed by atoms with Crippen LogP contribution < -0.4 is 4.31 Å². The Balaban J connectivity index is 2.45. The van der Waals surface area contributed by atoms with Gasteiger partial charge in [0.05, 0.1) is 17.3 Å². The first-order chi connectivity index (χ1) is 9.86. The number of nitrogens with zero attached hydrogens (tertiary/aromatic N) is 2. The zero-order chi connectivity index (χ0) is 15.6. The number of nitriles is 1. The molecule has 0 saturated heterocycles. The van der Waals surface area contributed by atoms with E-state index >= 15 is 0 Å². The molecule has 0 unspecified atom stereocenters. The summed E-state index contributed by atoms with van der Waals surface area (Å²) in [6, 6.07) is 11.7. The van der Waals surface area contributed by atoms with Crippen molar-refractivity contribution in [2.24, 2.45) is 0 Å². The van der Waals surface area contributed by atoms with Crippen LogP contribution in [0.2, 0.25) is 0 Å². The van der Waals surface area contributed by atoms with Crippen molar-refractivity contribution < 1.29 is 12.8 Å². The minimum Gasteiger partial charge on any atom is -0.269 e. The lowest BCUT2D eigenvalue weighted by molar-refractivity contribution is 0.565. The predicted octanol–water partition coefficient (Wildman–Crippen LogP) is 3.28. The highest BCUT2D eigenvalue weighted by atomic mass is 79.9. The Morgan fingerprint density at radius 3 is 2.33 bits per heavy atom. The first-order valence-corrected chi connectivity index (χ1v) is 8.03. The smallest absolute Gasteiger partial charge is 0.266 e. The van der Waals surface area contributed by atoms with Crippen LogP contribution in [0.4, 0.5) is 10.1 Å². The third-order valence-electron chi connectivity index (χ3n) is 2.89. The van der Waals surface area contributed by atoms with E-state index in [9.17, 15) is 12.8 Å². The molecule has 0 fully saturated rings. The van der Waals surface area contributed by atoms with Crippen molar-refractivity contribution in [2.45, 2.75) is 4.90 Å². The van der Waals surface area contributed by atoms with Gasteiger partial charge in [0.2, 0.25) is 0 Å². The molecule has 0 saturated carbocycles. The number of hydrogen-bond donors (Lipinski definition) is 0. The lowest BCUT2D eigenvalue weighted by atomic mass is 10.2. The second kappa shape index (κ2) is 5.84. The minimum atomic E-state index is -4.00. The maximum absolute atomic E-state index is 13.9. The first-order valence-electron chi connectivity index (χ1n) is 5.80. The lowest BCUT2D eigenvalue weighted by Crippen LogP contribution is -2.27. The summed E-state index contributed by atoms with van der Waals surface area (Å²) in [6.07, 6.45) is 0. The van der Waals surface area contributed by atoms with Crippen LogP contribution in [0, 0.1) is 17.1 Å². The van der Waals surface area contributed by atoms with Gasteiger partial charge in [0.25, 0.3) is 10.0 Å². The summed E-state index contributed by atoms with van der Waals surface area (Å²) in [5.41, 5.74) is 0.760. The van der Waals surface area contributed by atoms with E-state index in [1.165, 1.54) is 43.4 Å². The molecule has 0 aliphatic rings. The van der Waals surface area contributed by atoms with Gasteiger partial charge in [-0.1, -0.05) is 15.9 Å². The third kappa shape index (κ3) is 3.06. The van der Waals surface area contributed by atoms with Crippen LogP contribution in [-0.2, 0) is 10.0 Å². The Labute approximate surface area is 130 Å². The topological polar surface area (TPSA) is 61.2 Å². The molecule has 0 bridgehead atoms. The fourth-order valence-corrected chi connectivity index (χ4v) is 3.29. The largest absolute Gasteiger partial charge is 0.269 e. The Bertz CT molecular complexity index is 814. The predicted molar refractivity (Wildman–Crippen MR) is 80.8 cm³/mol. The van der Waals surface area contributed by atoms with E-state index in [4.69, 9.17) is 5.26 Å². The Kier molecular flexibility index (Phi) is 4.30. The van der Waals surface area contributed by atoms with Gasteiger partial charge in [0, 0.05) is 11.5 Å². The third-order valence-corrected chi connectivity index (χ3v) is 5.20. The maximum atomic E-state index is 13.9. The SMILES string of the molecule is CN(c1ccc(C#N)cc1)S(=O)(=O)c1ccc(Br)cc1F. The van der Waals surface area contributed by atoms with Crippen molar-refractivity contribution in [3.05, 3.63) is 58.3 Å². The molecule has 0 aliphatic heterocycles. The number of halogens is 2. The van der Waals surface area contributed by atoms with Crippen LogP contribution in [0.5, 0.6) is 0 Å². The number of hydrogen-bond acceptors (Lipinski definition) is 3. The van der Waals surface area contributed by atoms with Gasteiger partial charge in [-0.05, 0) is 42.5 Å². The van der Waals surface area contributed by atoms with E-state index < -0.39 is 20.7 Å². The average Bonchev–Trinajstić information content (AvgIpc) is 2.46. The summed E-state index contributed by atoms with van der Waals surface area (Å²) in [6.45, 7) is 0. The van der Waals surface area contributed by atoms with Gasteiger partial charge < -0.3 is 0 Å². The second-order valence-electron chi connectivity index (χ2n) is 4.21. The molecule has 4 nitrogen and oxygen atoms in total. The summed E-state index contributed by atoms with van der Waals surface area (Å²) < 4.78 is 40.1. The molecule has 0 amide bonds. The van der Waals surface area contributed by atoms with E-state index in [-0.39, 0.29) is 0 Å². The van der Waals surface area contributed by atoms with Gasteiger partial charge in [0.1, 0.15) is 10.7 Å². The minimum absolute atomic E-state index is 0.344. The van der Waals surface area contributed by atoms with Crippen LogP contribution in [0.3, 0.4) is 0 Å². The molecule has 0 aliphatic carbocycles. The van der Waals surface area contributed by atoms with Gasteiger partial charge in [0.15, 0.2) is 0 Å². The number of benzene rings is 2. The molecular formula is C14H10BrFN2O2S. The van der Waals surface area contributed by atoms with Crippen molar-refractivity contribution in [1.82, 2.24) is 0 Å². The summed E-state index contributed by atoms with van der Waals surface area (Å²) in [5.74, 6) is -0.829. The summed E-state index contributed by atoms with van der Waals surface area (Å²) in [7, 11) is -2.67. The number of rotatable bonds is 3. The van der Waals surface area contributed by atoms with E-state index in [2.05, 4.69) is 15.9 Å². The molecular weight excluding hydrogens is 359 g/mol. The molecule has 0 N–H and O–H groups in total. The van der Waals surface area contributed by atoms with Crippen LogP contribution in [-0.4, -0.2) is 15.5 Å². The summed E-state index contributed by atoms with van der Waals surface area (Å²) >= 11 is 3.08. The van der Waals surface area contributed by atoms with E-state index in [1.54, 1.807) is 0 Å². The van der Waals surface area contributed by atoms with Crippen molar-refractivity contribution in [3.8, 4) is 6.07 Å². The van der Waals surface area contributed by atoms with Crippen molar-refractivity contribution in [3.63, 3.8) is 0 Å². The molecule has 108 valence electrons. The summed E-state index contributed by atoms with van der Waals surface area (Å²) in [5, 5.41) is 8.73. The van der Waals surface area contributed by atoms with Gasteiger partial charge in [-0.2, -0.15) is 5.26 Å². The molecule has 7 heteroatoms. The molecule has 2 aromatic carbocycles. The Hall–Kier alpha value is -1.91. The molecule has 0 heterocycles. The quantitative estimate of drug-likeness (QED) is 0.834. The van der Waals surface area contributed by atoms with Gasteiger partial charge in [-0.15, -0.1) is 0 Å². The zero-order valence-corrected chi connectivity index (χ0v) is 13.3. The van der Waals surface area contributed by atoms with Crippen LogP contribution in [0.15, 0.2) is 51.8 Å². The highest BCUT2D eigenvalue weighted by Gasteiger charge is 2.24. The highest BCUT2D eigenvalue weighted by molar-refractivity contribution is 9.10. The Morgan fingerprint density at radius 1 is 1.19 bits per heavy atom. The fraction of sp³-hybridized carbons (Fsp3) is 0.0714. The van der Waals surface area contributed by atoms with Crippen molar-refractivity contribution in [2.75, 3.05) is 11.4 Å². The molecule has 2 rings (SSSR count). The number of anilines is 1. The van der Waals surface area contributed by atoms with E-state index in [0.29, 0.717) is 15.7 Å². The van der Waals surface area contributed by atoms with Gasteiger partial charge in [-0.3, -0.25) is 4.31 Å². The Morgan fingerprint density at radius 2 is 1.81 bits per heavy atom. The second-order valence-corrected chi connectivity index (χ2v) is 7.06. The molecule has 0 atom stereocenters. The van der Waals surface area contributed by atoms with Crippen molar-refractivity contribution in [1.29, 1.82) is 5.26 Å². The molecule has 2 aromatic rings. The highest BCUT2D eigenvalue weighted by Crippen LogP contribution is 2.25. The number of sulfonamides is 1.